The van der Waals surface area contributed by atoms with Crippen LogP contribution in [0.4, 0.5) is 5.82 Å². The zero-order chi connectivity index (χ0) is 14.9. The van der Waals surface area contributed by atoms with Crippen LogP contribution in [0.25, 0.3) is 0 Å². The first-order chi connectivity index (χ1) is 9.40. The lowest BCUT2D eigenvalue weighted by molar-refractivity contribution is 0.448. The van der Waals surface area contributed by atoms with Crippen LogP contribution < -0.4 is 10.5 Å². The minimum absolute atomic E-state index is 0.206. The third-order valence-electron chi connectivity index (χ3n) is 3.43. The van der Waals surface area contributed by atoms with Gasteiger partial charge in [0, 0.05) is 0 Å². The molecule has 1 heterocycles. The van der Waals surface area contributed by atoms with Crippen LogP contribution in [0.15, 0.2) is 18.5 Å². The Morgan fingerprint density at radius 2 is 1.80 bits per heavy atom. The van der Waals surface area contributed by atoms with Gasteiger partial charge in [0.2, 0.25) is 5.88 Å². The quantitative estimate of drug-likeness (QED) is 0.919. The summed E-state index contributed by atoms with van der Waals surface area (Å²) in [5, 5.41) is 0. The van der Waals surface area contributed by atoms with E-state index in [0.717, 1.165) is 22.4 Å². The van der Waals surface area contributed by atoms with Crippen molar-refractivity contribution in [1.29, 1.82) is 0 Å². The molecule has 0 spiro atoms. The molecule has 2 rings (SSSR count). The van der Waals surface area contributed by atoms with E-state index >= 15 is 0 Å². The molecule has 0 bridgehead atoms. The predicted octanol–water partition coefficient (Wildman–Crippen LogP) is 3.90. The summed E-state index contributed by atoms with van der Waals surface area (Å²) in [6.07, 6.45) is 1.44. The third kappa shape index (κ3) is 2.74. The van der Waals surface area contributed by atoms with Crippen molar-refractivity contribution < 1.29 is 4.74 Å². The van der Waals surface area contributed by atoms with Crippen LogP contribution in [0.5, 0.6) is 11.6 Å². The van der Waals surface area contributed by atoms with Crippen LogP contribution in [0.2, 0.25) is 0 Å². The fourth-order valence-corrected chi connectivity index (χ4v) is 2.23. The zero-order valence-electron chi connectivity index (χ0n) is 12.7. The fourth-order valence-electron chi connectivity index (χ4n) is 2.23. The van der Waals surface area contributed by atoms with Gasteiger partial charge in [0.05, 0.1) is 5.56 Å². The molecule has 0 aliphatic carbocycles. The van der Waals surface area contributed by atoms with Gasteiger partial charge in [0.15, 0.2) is 0 Å². The molecule has 0 aliphatic rings. The smallest absolute Gasteiger partial charge is 0.227 e. The number of ether oxygens (including phenoxy) is 1. The summed E-state index contributed by atoms with van der Waals surface area (Å²) < 4.78 is 6.01. The van der Waals surface area contributed by atoms with Gasteiger partial charge in [-0.2, -0.15) is 0 Å². The van der Waals surface area contributed by atoms with Crippen molar-refractivity contribution >= 4 is 5.82 Å². The number of hydrogen-bond acceptors (Lipinski definition) is 4. The fraction of sp³-hybridized carbons (Fsp3) is 0.375. The molecule has 0 atom stereocenters. The lowest BCUT2D eigenvalue weighted by Gasteiger charge is -2.16. The molecular formula is C16H21N3O. The number of nitrogens with zero attached hydrogens (tertiary/aromatic N) is 2. The molecule has 0 aliphatic heterocycles. The molecule has 2 N–H and O–H groups in total. The van der Waals surface area contributed by atoms with E-state index < -0.39 is 0 Å². The topological polar surface area (TPSA) is 61.0 Å². The van der Waals surface area contributed by atoms with E-state index in [0.29, 0.717) is 11.7 Å². The Labute approximate surface area is 120 Å². The van der Waals surface area contributed by atoms with Gasteiger partial charge in [0.1, 0.15) is 17.9 Å². The first-order valence-corrected chi connectivity index (χ1v) is 6.76. The Balaban J connectivity index is 2.48. The number of aromatic nitrogens is 2. The number of anilines is 1. The molecule has 0 radical (unpaired) electrons. The summed E-state index contributed by atoms with van der Waals surface area (Å²) in [5.41, 5.74) is 10.3. The first kappa shape index (κ1) is 14.3. The second-order valence-corrected chi connectivity index (χ2v) is 5.44. The molecule has 4 nitrogen and oxygen atoms in total. The van der Waals surface area contributed by atoms with Gasteiger partial charge < -0.3 is 10.5 Å². The molecule has 1 aromatic carbocycles. The molecule has 4 heteroatoms. The number of nitrogen functional groups attached to an aromatic ring is 1. The van der Waals surface area contributed by atoms with E-state index in [9.17, 15) is 0 Å². The molecule has 0 amide bonds. The highest BCUT2D eigenvalue weighted by atomic mass is 16.5. The Bertz CT molecular complexity index is 636. The Morgan fingerprint density at radius 1 is 1.10 bits per heavy atom. The van der Waals surface area contributed by atoms with Gasteiger partial charge in [-0.05, 0) is 49.4 Å². The molecule has 2 aromatic rings. The third-order valence-corrected chi connectivity index (χ3v) is 3.43. The van der Waals surface area contributed by atoms with Gasteiger partial charge >= 0.3 is 0 Å². The number of benzene rings is 1. The van der Waals surface area contributed by atoms with Crippen LogP contribution in [0, 0.1) is 20.8 Å². The van der Waals surface area contributed by atoms with Crippen molar-refractivity contribution in [3.63, 3.8) is 0 Å². The van der Waals surface area contributed by atoms with E-state index in [4.69, 9.17) is 10.5 Å². The van der Waals surface area contributed by atoms with Crippen molar-refractivity contribution in [2.45, 2.75) is 40.5 Å². The second kappa shape index (κ2) is 5.49. The largest absolute Gasteiger partial charge is 0.438 e. The van der Waals surface area contributed by atoms with E-state index in [-0.39, 0.29) is 5.92 Å². The standard InChI is InChI=1S/C16H21N3O/c1-9(2)14-15(17)18-8-19-16(14)20-13-7-10(3)6-11(4)12(13)5/h6-9H,1-5H3,(H2,17,18,19). The maximum absolute atomic E-state index is 6.01. The lowest BCUT2D eigenvalue weighted by Crippen LogP contribution is -2.05. The summed E-state index contributed by atoms with van der Waals surface area (Å²) in [6, 6.07) is 4.16. The van der Waals surface area contributed by atoms with Gasteiger partial charge in [-0.3, -0.25) is 0 Å². The molecule has 0 fully saturated rings. The maximum atomic E-state index is 6.01. The number of rotatable bonds is 3. The Kier molecular flexibility index (Phi) is 3.93. The highest BCUT2D eigenvalue weighted by molar-refractivity contribution is 5.50. The molecule has 20 heavy (non-hydrogen) atoms. The zero-order valence-corrected chi connectivity index (χ0v) is 12.7. The minimum Gasteiger partial charge on any atom is -0.438 e. The number of hydrogen-bond donors (Lipinski definition) is 1. The highest BCUT2D eigenvalue weighted by Gasteiger charge is 2.16. The van der Waals surface area contributed by atoms with Crippen LogP contribution in [-0.2, 0) is 0 Å². The van der Waals surface area contributed by atoms with Gasteiger partial charge in [-0.15, -0.1) is 0 Å². The molecule has 0 saturated heterocycles. The minimum atomic E-state index is 0.206. The maximum Gasteiger partial charge on any atom is 0.227 e. The van der Waals surface area contributed by atoms with E-state index in [1.54, 1.807) is 0 Å². The predicted molar refractivity (Wildman–Crippen MR) is 81.3 cm³/mol. The Hall–Kier alpha value is -2.10. The van der Waals surface area contributed by atoms with Gasteiger partial charge in [-0.25, -0.2) is 9.97 Å². The summed E-state index contributed by atoms with van der Waals surface area (Å²) in [7, 11) is 0. The van der Waals surface area contributed by atoms with Crippen LogP contribution in [0.3, 0.4) is 0 Å². The Morgan fingerprint density at radius 3 is 2.45 bits per heavy atom. The van der Waals surface area contributed by atoms with Crippen molar-refractivity contribution in [3.8, 4) is 11.6 Å². The van der Waals surface area contributed by atoms with Crippen molar-refractivity contribution in [3.05, 3.63) is 40.7 Å². The number of aryl methyl sites for hydroxylation is 2. The monoisotopic (exact) mass is 271 g/mol. The summed E-state index contributed by atoms with van der Waals surface area (Å²) >= 11 is 0. The SMILES string of the molecule is Cc1cc(C)c(C)c(Oc2ncnc(N)c2C(C)C)c1. The normalized spacial score (nSPS) is 10.9. The molecule has 0 saturated carbocycles. The van der Waals surface area contributed by atoms with Crippen LogP contribution in [0.1, 0.15) is 42.0 Å². The summed E-state index contributed by atoms with van der Waals surface area (Å²) in [5.74, 6) is 2.05. The summed E-state index contributed by atoms with van der Waals surface area (Å²) in [6.45, 7) is 10.3. The highest BCUT2D eigenvalue weighted by Crippen LogP contribution is 2.33. The average Bonchev–Trinajstić information content (AvgIpc) is 2.35. The van der Waals surface area contributed by atoms with Gasteiger partial charge in [0.25, 0.3) is 0 Å². The van der Waals surface area contributed by atoms with Gasteiger partial charge in [-0.1, -0.05) is 19.9 Å². The second-order valence-electron chi connectivity index (χ2n) is 5.44. The van der Waals surface area contributed by atoms with Crippen LogP contribution >= 0.6 is 0 Å². The molecule has 106 valence electrons. The molecule has 0 unspecified atom stereocenters. The van der Waals surface area contributed by atoms with Crippen LogP contribution in [-0.4, -0.2) is 9.97 Å². The van der Waals surface area contributed by atoms with E-state index in [1.807, 2.05) is 13.0 Å². The van der Waals surface area contributed by atoms with E-state index in [2.05, 4.69) is 43.7 Å². The average molecular weight is 271 g/mol. The van der Waals surface area contributed by atoms with Crippen molar-refractivity contribution in [1.82, 2.24) is 9.97 Å². The van der Waals surface area contributed by atoms with E-state index in [1.165, 1.54) is 11.9 Å². The first-order valence-electron chi connectivity index (χ1n) is 6.76. The number of nitrogens with two attached hydrogens (primary N) is 1. The summed E-state index contributed by atoms with van der Waals surface area (Å²) in [4.78, 5) is 8.29. The lowest BCUT2D eigenvalue weighted by atomic mass is 10.0. The molecular weight excluding hydrogens is 250 g/mol. The van der Waals surface area contributed by atoms with Crippen molar-refractivity contribution in [2.24, 2.45) is 0 Å². The molecule has 1 aromatic heterocycles. The van der Waals surface area contributed by atoms with Crippen molar-refractivity contribution in [2.75, 3.05) is 5.73 Å².